The highest BCUT2D eigenvalue weighted by Crippen LogP contribution is 2.27. The van der Waals surface area contributed by atoms with Crippen LogP contribution in [0.5, 0.6) is 11.5 Å². The quantitative estimate of drug-likeness (QED) is 0.409. The zero-order valence-electron chi connectivity index (χ0n) is 19.2. The maximum atomic E-state index is 12.7. The number of carbonyl (C=O) groups excluding carboxylic acids is 1. The number of aromatic nitrogens is 3. The number of thioether (sulfide) groups is 1. The van der Waals surface area contributed by atoms with E-state index < -0.39 is 0 Å². The number of hydrogen-bond acceptors (Lipinski definition) is 6. The van der Waals surface area contributed by atoms with Crippen LogP contribution in [0.2, 0.25) is 0 Å². The van der Waals surface area contributed by atoms with E-state index in [9.17, 15) is 4.79 Å². The number of rotatable bonds is 10. The number of para-hydroxylation sites is 1. The zero-order chi connectivity index (χ0) is 23.1. The maximum absolute atomic E-state index is 12.7. The summed E-state index contributed by atoms with van der Waals surface area (Å²) >= 11 is 1.39. The third-order valence-electron chi connectivity index (χ3n) is 4.85. The minimum Gasteiger partial charge on any atom is -0.497 e. The number of ether oxygens (including phenoxy) is 2. The summed E-state index contributed by atoms with van der Waals surface area (Å²) in [4.78, 5) is 14.4. The molecule has 0 aliphatic heterocycles. The molecule has 0 saturated heterocycles. The summed E-state index contributed by atoms with van der Waals surface area (Å²) in [6.07, 6.45) is -0.314. The molecule has 1 unspecified atom stereocenters. The second-order valence-electron chi connectivity index (χ2n) is 7.86. The summed E-state index contributed by atoms with van der Waals surface area (Å²) in [5.74, 6) is 2.82. The molecule has 0 spiro atoms. The molecule has 0 aliphatic rings. The van der Waals surface area contributed by atoms with E-state index in [1.54, 1.807) is 19.1 Å². The smallest absolute Gasteiger partial charge is 0.237 e. The van der Waals surface area contributed by atoms with Crippen molar-refractivity contribution in [3.05, 3.63) is 60.4 Å². The average Bonchev–Trinajstić information content (AvgIpc) is 3.19. The summed E-state index contributed by atoms with van der Waals surface area (Å²) in [6, 6.07) is 17.1. The van der Waals surface area contributed by atoms with Gasteiger partial charge >= 0.3 is 0 Å². The van der Waals surface area contributed by atoms with Crippen molar-refractivity contribution in [3.63, 3.8) is 0 Å². The Morgan fingerprint density at radius 3 is 2.47 bits per heavy atom. The van der Waals surface area contributed by atoms with E-state index in [0.29, 0.717) is 16.8 Å². The van der Waals surface area contributed by atoms with Crippen molar-refractivity contribution < 1.29 is 14.3 Å². The Hall–Kier alpha value is -3.00. The lowest BCUT2D eigenvalue weighted by atomic mass is 10.2. The van der Waals surface area contributed by atoms with Crippen molar-refractivity contribution in [1.29, 1.82) is 0 Å². The highest BCUT2D eigenvalue weighted by molar-refractivity contribution is 7.99. The SMILES string of the molecule is COc1cccc(OC(C)c2nnc(SCC(=O)N(C)c3ccccc3)n2CC(C)C)c1. The van der Waals surface area contributed by atoms with E-state index in [-0.39, 0.29) is 17.8 Å². The molecule has 1 heterocycles. The second kappa shape index (κ2) is 11.0. The molecule has 1 atom stereocenters. The fourth-order valence-corrected chi connectivity index (χ4v) is 4.06. The summed E-state index contributed by atoms with van der Waals surface area (Å²) in [6.45, 7) is 6.96. The van der Waals surface area contributed by atoms with Crippen molar-refractivity contribution in [2.24, 2.45) is 5.92 Å². The van der Waals surface area contributed by atoms with Crippen molar-refractivity contribution in [3.8, 4) is 11.5 Å². The predicted octanol–water partition coefficient (Wildman–Crippen LogP) is 4.84. The molecule has 1 aromatic heterocycles. The number of hydrogen-bond donors (Lipinski definition) is 0. The molecule has 0 saturated carbocycles. The second-order valence-corrected chi connectivity index (χ2v) is 8.80. The van der Waals surface area contributed by atoms with Crippen LogP contribution < -0.4 is 14.4 Å². The summed E-state index contributed by atoms with van der Waals surface area (Å²) in [5.41, 5.74) is 0.864. The van der Waals surface area contributed by atoms with Gasteiger partial charge in [-0.15, -0.1) is 10.2 Å². The number of benzene rings is 2. The topological polar surface area (TPSA) is 69.5 Å². The van der Waals surface area contributed by atoms with Crippen molar-refractivity contribution in [2.75, 3.05) is 24.8 Å². The van der Waals surface area contributed by atoms with Crippen molar-refractivity contribution >= 4 is 23.4 Å². The Morgan fingerprint density at radius 2 is 1.78 bits per heavy atom. The van der Waals surface area contributed by atoms with E-state index in [0.717, 1.165) is 23.8 Å². The number of anilines is 1. The molecule has 7 nitrogen and oxygen atoms in total. The van der Waals surface area contributed by atoms with Crippen LogP contribution in [-0.4, -0.2) is 40.6 Å². The Morgan fingerprint density at radius 1 is 1.06 bits per heavy atom. The molecule has 3 rings (SSSR count). The molecule has 32 heavy (non-hydrogen) atoms. The average molecular weight is 455 g/mol. The molecule has 1 amide bonds. The van der Waals surface area contributed by atoms with Gasteiger partial charge in [0.2, 0.25) is 5.91 Å². The van der Waals surface area contributed by atoms with Crippen molar-refractivity contribution in [1.82, 2.24) is 14.8 Å². The Bertz CT molecular complexity index is 1020. The summed E-state index contributed by atoms with van der Waals surface area (Å²) in [5, 5.41) is 9.48. The van der Waals surface area contributed by atoms with Gasteiger partial charge in [0.15, 0.2) is 17.1 Å². The van der Waals surface area contributed by atoms with Gasteiger partial charge in [0, 0.05) is 25.3 Å². The highest BCUT2D eigenvalue weighted by atomic mass is 32.2. The van der Waals surface area contributed by atoms with Gasteiger partial charge in [0.1, 0.15) is 11.5 Å². The molecule has 0 bridgehead atoms. The van der Waals surface area contributed by atoms with Gasteiger partial charge in [-0.1, -0.05) is 49.9 Å². The van der Waals surface area contributed by atoms with Crippen molar-refractivity contribution in [2.45, 2.75) is 38.6 Å². The number of methoxy groups -OCH3 is 1. The molecule has 0 N–H and O–H groups in total. The van der Waals surface area contributed by atoms with Gasteiger partial charge in [-0.2, -0.15) is 0 Å². The summed E-state index contributed by atoms with van der Waals surface area (Å²) in [7, 11) is 3.41. The van der Waals surface area contributed by atoms with E-state index in [1.807, 2.05) is 61.5 Å². The Balaban J connectivity index is 1.73. The number of carbonyl (C=O) groups is 1. The first-order valence-electron chi connectivity index (χ1n) is 10.6. The first kappa shape index (κ1) is 23.7. The largest absolute Gasteiger partial charge is 0.497 e. The zero-order valence-corrected chi connectivity index (χ0v) is 20.0. The molecule has 0 radical (unpaired) electrons. The van der Waals surface area contributed by atoms with E-state index in [2.05, 4.69) is 28.6 Å². The van der Waals surface area contributed by atoms with Gasteiger partial charge in [-0.3, -0.25) is 4.79 Å². The van der Waals surface area contributed by atoms with Gasteiger partial charge in [-0.05, 0) is 37.1 Å². The molecule has 2 aromatic carbocycles. The third kappa shape index (κ3) is 6.03. The standard InChI is InChI=1S/C24H30N4O3S/c1-17(2)15-28-23(18(3)31-21-13-9-12-20(14-21)30-5)25-26-24(28)32-16-22(29)27(4)19-10-7-6-8-11-19/h6-14,17-18H,15-16H2,1-5H3. The van der Waals surface area contributed by atoms with Crippen LogP contribution in [0, 0.1) is 5.92 Å². The third-order valence-corrected chi connectivity index (χ3v) is 5.80. The molecule has 0 aliphatic carbocycles. The monoisotopic (exact) mass is 454 g/mol. The van der Waals surface area contributed by atoms with Gasteiger partial charge < -0.3 is 18.9 Å². The number of nitrogens with zero attached hydrogens (tertiary/aromatic N) is 4. The first-order chi connectivity index (χ1) is 15.4. The molecular weight excluding hydrogens is 424 g/mol. The fourth-order valence-electron chi connectivity index (χ4n) is 3.19. The maximum Gasteiger partial charge on any atom is 0.237 e. The lowest BCUT2D eigenvalue weighted by Crippen LogP contribution is -2.28. The molecule has 0 fully saturated rings. The van der Waals surface area contributed by atoms with Crippen LogP contribution in [0.15, 0.2) is 59.8 Å². The van der Waals surface area contributed by atoms with Crippen LogP contribution in [0.3, 0.4) is 0 Å². The highest BCUT2D eigenvalue weighted by Gasteiger charge is 2.22. The lowest BCUT2D eigenvalue weighted by molar-refractivity contribution is -0.115. The Kier molecular flexibility index (Phi) is 8.16. The lowest BCUT2D eigenvalue weighted by Gasteiger charge is -2.19. The van der Waals surface area contributed by atoms with E-state index in [1.165, 1.54) is 11.8 Å². The molecule has 170 valence electrons. The van der Waals surface area contributed by atoms with Gasteiger partial charge in [0.25, 0.3) is 0 Å². The van der Waals surface area contributed by atoms with Crippen LogP contribution in [0.25, 0.3) is 0 Å². The summed E-state index contributed by atoms with van der Waals surface area (Å²) < 4.78 is 13.4. The normalized spacial score (nSPS) is 11.9. The molecule has 3 aromatic rings. The number of amides is 1. The Labute approximate surface area is 193 Å². The predicted molar refractivity (Wildman–Crippen MR) is 127 cm³/mol. The fraction of sp³-hybridized carbons (Fsp3) is 0.375. The minimum atomic E-state index is -0.314. The first-order valence-corrected chi connectivity index (χ1v) is 11.6. The van der Waals surface area contributed by atoms with E-state index >= 15 is 0 Å². The molecule has 8 heteroatoms. The molecular formula is C24H30N4O3S. The minimum absolute atomic E-state index is 0.00234. The van der Waals surface area contributed by atoms with Gasteiger partial charge in [0.05, 0.1) is 12.9 Å². The van der Waals surface area contributed by atoms with E-state index in [4.69, 9.17) is 9.47 Å². The van der Waals surface area contributed by atoms with Crippen LogP contribution in [-0.2, 0) is 11.3 Å². The van der Waals surface area contributed by atoms with Crippen LogP contribution >= 0.6 is 11.8 Å². The van der Waals surface area contributed by atoms with Crippen LogP contribution in [0.4, 0.5) is 5.69 Å². The van der Waals surface area contributed by atoms with Crippen LogP contribution in [0.1, 0.15) is 32.7 Å². The van der Waals surface area contributed by atoms with Gasteiger partial charge in [-0.25, -0.2) is 0 Å².